The van der Waals surface area contributed by atoms with Crippen LogP contribution in [0.1, 0.15) is 24.4 Å². The van der Waals surface area contributed by atoms with Crippen LogP contribution in [0.5, 0.6) is 0 Å². The SMILES string of the molecule is O=C(O)CC(c1ccccc1F)N1CC(=O)CC1=O. The zero-order valence-electron chi connectivity index (χ0n) is 10.0. The first-order chi connectivity index (χ1) is 8.99. The highest BCUT2D eigenvalue weighted by Crippen LogP contribution is 2.29. The normalized spacial score (nSPS) is 16.8. The van der Waals surface area contributed by atoms with Crippen molar-refractivity contribution in [2.24, 2.45) is 0 Å². The van der Waals surface area contributed by atoms with Crippen LogP contribution in [0.15, 0.2) is 24.3 Å². The van der Waals surface area contributed by atoms with Gasteiger partial charge in [0.1, 0.15) is 5.82 Å². The summed E-state index contributed by atoms with van der Waals surface area (Å²) in [5.74, 6) is -2.47. The van der Waals surface area contributed by atoms with E-state index < -0.39 is 30.2 Å². The van der Waals surface area contributed by atoms with Crippen LogP contribution in [0, 0.1) is 5.82 Å². The molecule has 1 fully saturated rings. The van der Waals surface area contributed by atoms with E-state index in [-0.39, 0.29) is 24.3 Å². The van der Waals surface area contributed by atoms with Crippen molar-refractivity contribution in [2.75, 3.05) is 6.54 Å². The monoisotopic (exact) mass is 265 g/mol. The van der Waals surface area contributed by atoms with Crippen molar-refractivity contribution < 1.29 is 23.9 Å². The lowest BCUT2D eigenvalue weighted by atomic mass is 10.0. The van der Waals surface area contributed by atoms with Gasteiger partial charge in [0.05, 0.1) is 25.4 Å². The highest BCUT2D eigenvalue weighted by molar-refractivity contribution is 6.05. The van der Waals surface area contributed by atoms with E-state index in [0.29, 0.717) is 0 Å². The molecule has 2 rings (SSSR count). The fraction of sp³-hybridized carbons (Fsp3) is 0.308. The van der Waals surface area contributed by atoms with Gasteiger partial charge in [-0.1, -0.05) is 18.2 Å². The Hall–Kier alpha value is -2.24. The van der Waals surface area contributed by atoms with Crippen molar-refractivity contribution >= 4 is 17.7 Å². The van der Waals surface area contributed by atoms with Gasteiger partial charge >= 0.3 is 5.97 Å². The number of hydrogen-bond acceptors (Lipinski definition) is 3. The van der Waals surface area contributed by atoms with Crippen LogP contribution in [0.4, 0.5) is 4.39 Å². The van der Waals surface area contributed by atoms with Crippen LogP contribution in [0.25, 0.3) is 0 Å². The third kappa shape index (κ3) is 2.78. The fourth-order valence-electron chi connectivity index (χ4n) is 2.19. The summed E-state index contributed by atoms with van der Waals surface area (Å²) in [6.07, 6.45) is -0.676. The molecule has 1 aliphatic rings. The first-order valence-electron chi connectivity index (χ1n) is 5.76. The number of likely N-dealkylation sites (tertiary alicyclic amines) is 1. The van der Waals surface area contributed by atoms with Gasteiger partial charge in [0, 0.05) is 5.56 Å². The second-order valence-electron chi connectivity index (χ2n) is 4.37. The molecule has 100 valence electrons. The number of carbonyl (C=O) groups is 3. The van der Waals surface area contributed by atoms with Gasteiger partial charge in [-0.15, -0.1) is 0 Å². The van der Waals surface area contributed by atoms with Gasteiger partial charge in [-0.2, -0.15) is 0 Å². The third-order valence-corrected chi connectivity index (χ3v) is 3.02. The number of nitrogens with zero attached hydrogens (tertiary/aromatic N) is 1. The number of carboxylic acid groups (broad SMARTS) is 1. The van der Waals surface area contributed by atoms with E-state index in [4.69, 9.17) is 5.11 Å². The summed E-state index contributed by atoms with van der Waals surface area (Å²) in [6, 6.07) is 4.73. The molecule has 1 heterocycles. The van der Waals surface area contributed by atoms with E-state index in [0.717, 1.165) is 4.90 Å². The van der Waals surface area contributed by atoms with Crippen molar-refractivity contribution in [1.29, 1.82) is 0 Å². The maximum absolute atomic E-state index is 13.8. The molecule has 6 heteroatoms. The van der Waals surface area contributed by atoms with E-state index in [1.54, 1.807) is 6.07 Å². The van der Waals surface area contributed by atoms with Crippen molar-refractivity contribution in [3.8, 4) is 0 Å². The number of Topliss-reactive ketones (excluding diaryl/α,β-unsaturated/α-hetero) is 1. The van der Waals surface area contributed by atoms with E-state index in [9.17, 15) is 18.8 Å². The predicted molar refractivity (Wildman–Crippen MR) is 62.7 cm³/mol. The Bertz CT molecular complexity index is 543. The Kier molecular flexibility index (Phi) is 3.59. The van der Waals surface area contributed by atoms with Crippen LogP contribution < -0.4 is 0 Å². The van der Waals surface area contributed by atoms with Crippen molar-refractivity contribution in [1.82, 2.24) is 4.90 Å². The summed E-state index contributed by atoms with van der Waals surface area (Å²) in [4.78, 5) is 35.0. The molecule has 0 bridgehead atoms. The average molecular weight is 265 g/mol. The van der Waals surface area contributed by atoms with E-state index in [1.807, 2.05) is 0 Å². The summed E-state index contributed by atoms with van der Waals surface area (Å²) >= 11 is 0. The summed E-state index contributed by atoms with van der Waals surface area (Å²) < 4.78 is 13.8. The largest absolute Gasteiger partial charge is 0.481 e. The third-order valence-electron chi connectivity index (χ3n) is 3.02. The molecule has 0 spiro atoms. The van der Waals surface area contributed by atoms with Crippen LogP contribution in [0.2, 0.25) is 0 Å². The number of halogens is 1. The zero-order valence-corrected chi connectivity index (χ0v) is 10.0. The number of ketones is 1. The molecule has 0 aromatic heterocycles. The van der Waals surface area contributed by atoms with Crippen molar-refractivity contribution in [2.45, 2.75) is 18.9 Å². The van der Waals surface area contributed by atoms with Crippen molar-refractivity contribution in [3.63, 3.8) is 0 Å². The van der Waals surface area contributed by atoms with Gasteiger partial charge in [-0.3, -0.25) is 14.4 Å². The molecule has 0 aliphatic carbocycles. The second-order valence-corrected chi connectivity index (χ2v) is 4.37. The Morgan fingerprint density at radius 2 is 2.05 bits per heavy atom. The second kappa shape index (κ2) is 5.17. The van der Waals surface area contributed by atoms with Crippen LogP contribution in [0.3, 0.4) is 0 Å². The Morgan fingerprint density at radius 1 is 1.37 bits per heavy atom. The molecule has 1 unspecified atom stereocenters. The lowest BCUT2D eigenvalue weighted by molar-refractivity contribution is -0.140. The maximum Gasteiger partial charge on any atom is 0.305 e. The van der Waals surface area contributed by atoms with Gasteiger partial charge in [-0.05, 0) is 6.07 Å². The quantitative estimate of drug-likeness (QED) is 0.828. The van der Waals surface area contributed by atoms with Gasteiger partial charge < -0.3 is 10.0 Å². The highest BCUT2D eigenvalue weighted by Gasteiger charge is 2.35. The average Bonchev–Trinajstić information content (AvgIpc) is 2.66. The van der Waals surface area contributed by atoms with E-state index in [1.165, 1.54) is 18.2 Å². The van der Waals surface area contributed by atoms with Crippen LogP contribution in [-0.2, 0) is 14.4 Å². The highest BCUT2D eigenvalue weighted by atomic mass is 19.1. The number of rotatable bonds is 4. The molecule has 19 heavy (non-hydrogen) atoms. The van der Waals surface area contributed by atoms with Crippen LogP contribution in [-0.4, -0.2) is 34.2 Å². The molecule has 0 saturated carbocycles. The molecule has 1 aliphatic heterocycles. The minimum atomic E-state index is -1.15. The first kappa shape index (κ1) is 13.2. The smallest absolute Gasteiger partial charge is 0.305 e. The summed E-state index contributed by atoms with van der Waals surface area (Å²) in [7, 11) is 0. The lowest BCUT2D eigenvalue weighted by Gasteiger charge is -2.26. The number of aliphatic carboxylic acids is 1. The number of carboxylic acids is 1. The van der Waals surface area contributed by atoms with Gasteiger partial charge in [0.25, 0.3) is 0 Å². The van der Waals surface area contributed by atoms with E-state index in [2.05, 4.69) is 0 Å². The number of carbonyl (C=O) groups excluding carboxylic acids is 2. The molecule has 0 radical (unpaired) electrons. The Labute approximate surface area is 108 Å². The molecule has 1 aromatic carbocycles. The lowest BCUT2D eigenvalue weighted by Crippen LogP contribution is -2.32. The minimum absolute atomic E-state index is 0.118. The Balaban J connectivity index is 2.36. The summed E-state index contributed by atoms with van der Waals surface area (Å²) in [5, 5.41) is 8.90. The predicted octanol–water partition coefficient (Wildman–Crippen LogP) is 1.14. The van der Waals surface area contributed by atoms with Gasteiger partial charge in [0.15, 0.2) is 5.78 Å². The number of hydrogen-bond donors (Lipinski definition) is 1. The number of amides is 1. The standard InChI is InChI=1S/C13H12FNO4/c14-10-4-2-1-3-9(10)11(6-13(18)19)15-7-8(16)5-12(15)17/h1-4,11H,5-7H2,(H,18,19). The zero-order chi connectivity index (χ0) is 14.0. The van der Waals surface area contributed by atoms with Crippen molar-refractivity contribution in [3.05, 3.63) is 35.6 Å². The molecule has 1 N–H and O–H groups in total. The van der Waals surface area contributed by atoms with Gasteiger partial charge in [-0.25, -0.2) is 4.39 Å². The topological polar surface area (TPSA) is 74.7 Å². The molecule has 1 aromatic rings. The molecule has 5 nitrogen and oxygen atoms in total. The molecule has 1 saturated heterocycles. The molecular weight excluding hydrogens is 253 g/mol. The molecular formula is C13H12FNO4. The first-order valence-corrected chi connectivity index (χ1v) is 5.76. The van der Waals surface area contributed by atoms with Gasteiger partial charge in [0.2, 0.25) is 5.91 Å². The molecule has 1 amide bonds. The van der Waals surface area contributed by atoms with Crippen LogP contribution >= 0.6 is 0 Å². The maximum atomic E-state index is 13.8. The Morgan fingerprint density at radius 3 is 2.58 bits per heavy atom. The molecule has 1 atom stereocenters. The summed E-state index contributed by atoms with van der Waals surface area (Å²) in [6.45, 7) is -0.162. The van der Waals surface area contributed by atoms with E-state index >= 15 is 0 Å². The number of benzene rings is 1. The fourth-order valence-corrected chi connectivity index (χ4v) is 2.19. The summed E-state index contributed by atoms with van der Waals surface area (Å²) in [5.41, 5.74) is 0.118. The minimum Gasteiger partial charge on any atom is -0.481 e.